The van der Waals surface area contributed by atoms with Gasteiger partial charge in [0.25, 0.3) is 0 Å². The van der Waals surface area contributed by atoms with Crippen molar-refractivity contribution in [2.45, 2.75) is 5.41 Å². The van der Waals surface area contributed by atoms with E-state index in [-0.39, 0.29) is 0 Å². The highest BCUT2D eigenvalue weighted by molar-refractivity contribution is 6.05. The second-order valence-electron chi connectivity index (χ2n) is 13.9. The van der Waals surface area contributed by atoms with E-state index >= 15 is 0 Å². The van der Waals surface area contributed by atoms with Crippen LogP contribution in [0.4, 0.5) is 0 Å². The lowest BCUT2D eigenvalue weighted by Crippen LogP contribution is -2.28. The molecular weight excluding hydrogens is 645 g/mol. The van der Waals surface area contributed by atoms with Crippen LogP contribution in [0.15, 0.2) is 183 Å². The Morgan fingerprint density at radius 1 is 0.321 bits per heavy atom. The molecule has 0 spiro atoms. The zero-order valence-corrected chi connectivity index (χ0v) is 28.6. The predicted molar refractivity (Wildman–Crippen MR) is 216 cm³/mol. The van der Waals surface area contributed by atoms with Crippen molar-refractivity contribution in [2.24, 2.45) is 0 Å². The third kappa shape index (κ3) is 4.42. The molecule has 0 N–H and O–H groups in total. The fourth-order valence-corrected chi connectivity index (χ4v) is 8.64. The van der Waals surface area contributed by atoms with Gasteiger partial charge < -0.3 is 0 Å². The Morgan fingerprint density at radius 2 is 0.755 bits per heavy atom. The number of fused-ring (bicyclic) bond motifs is 9. The van der Waals surface area contributed by atoms with Crippen molar-refractivity contribution in [1.82, 2.24) is 19.9 Å². The molecule has 0 saturated carbocycles. The maximum absolute atomic E-state index is 4.98. The number of hydrogen-bond acceptors (Lipinski definition) is 4. The second-order valence-corrected chi connectivity index (χ2v) is 13.9. The summed E-state index contributed by atoms with van der Waals surface area (Å²) in [5.41, 5.74) is 15.0. The van der Waals surface area contributed by atoms with Crippen LogP contribution in [-0.2, 0) is 5.41 Å². The average molecular weight is 675 g/mol. The highest BCUT2D eigenvalue weighted by atomic mass is 14.7. The number of hydrogen-bond donors (Lipinski definition) is 0. The van der Waals surface area contributed by atoms with Crippen LogP contribution in [0, 0.1) is 0 Å². The Kier molecular flexibility index (Phi) is 6.43. The molecule has 0 amide bonds. The first-order valence-corrected chi connectivity index (χ1v) is 17.9. The molecule has 0 unspecified atom stereocenters. The first-order valence-electron chi connectivity index (χ1n) is 17.9. The van der Waals surface area contributed by atoms with Gasteiger partial charge in [0.2, 0.25) is 0 Å². The van der Waals surface area contributed by atoms with E-state index in [9.17, 15) is 0 Å². The van der Waals surface area contributed by atoms with Gasteiger partial charge >= 0.3 is 0 Å². The highest BCUT2D eigenvalue weighted by Gasteiger charge is 2.46. The van der Waals surface area contributed by atoms with Gasteiger partial charge in [0, 0.05) is 57.5 Å². The monoisotopic (exact) mass is 674 g/mol. The molecule has 0 fully saturated rings. The van der Waals surface area contributed by atoms with Crippen LogP contribution < -0.4 is 0 Å². The van der Waals surface area contributed by atoms with Crippen molar-refractivity contribution in [1.29, 1.82) is 0 Å². The SMILES string of the molecule is c1ccc(C2(c3ccccc3)c3cc(-c4cnc5c(ccc6cccnc65)c4)ccc3-c3ccc(-c4cnc5c(ccc6cccnc65)c4)cc32)cc1. The Bertz CT molecular complexity index is 2850. The molecule has 6 aromatic carbocycles. The molecule has 4 heterocycles. The Balaban J connectivity index is 1.13. The molecule has 10 aromatic rings. The van der Waals surface area contributed by atoms with Crippen LogP contribution in [0.25, 0.3) is 77.0 Å². The van der Waals surface area contributed by atoms with Gasteiger partial charge in [-0.2, -0.15) is 0 Å². The fourth-order valence-electron chi connectivity index (χ4n) is 8.64. The summed E-state index contributed by atoms with van der Waals surface area (Å²) >= 11 is 0. The summed E-state index contributed by atoms with van der Waals surface area (Å²) in [6, 6.07) is 57.0. The molecule has 0 radical (unpaired) electrons. The van der Waals surface area contributed by atoms with E-state index in [0.29, 0.717) is 0 Å². The Hall–Kier alpha value is -7.04. The van der Waals surface area contributed by atoms with Crippen LogP contribution in [-0.4, -0.2) is 19.9 Å². The smallest absolute Gasteiger partial charge is 0.0964 e. The summed E-state index contributed by atoms with van der Waals surface area (Å²) < 4.78 is 0. The van der Waals surface area contributed by atoms with E-state index in [0.717, 1.165) is 65.9 Å². The van der Waals surface area contributed by atoms with Crippen molar-refractivity contribution >= 4 is 43.6 Å². The summed E-state index contributed by atoms with van der Waals surface area (Å²) in [7, 11) is 0. The van der Waals surface area contributed by atoms with Gasteiger partial charge in [-0.3, -0.25) is 19.9 Å². The maximum atomic E-state index is 4.98. The Morgan fingerprint density at radius 3 is 1.23 bits per heavy atom. The van der Waals surface area contributed by atoms with Crippen LogP contribution in [0.2, 0.25) is 0 Å². The molecule has 4 heteroatoms. The van der Waals surface area contributed by atoms with E-state index in [1.807, 2.05) is 36.9 Å². The average Bonchev–Trinajstić information content (AvgIpc) is 3.53. The zero-order chi connectivity index (χ0) is 34.9. The van der Waals surface area contributed by atoms with Crippen LogP contribution in [0.1, 0.15) is 22.3 Å². The van der Waals surface area contributed by atoms with Gasteiger partial charge in [0.1, 0.15) is 0 Å². The summed E-state index contributed by atoms with van der Waals surface area (Å²) in [5.74, 6) is 0. The van der Waals surface area contributed by atoms with Gasteiger partial charge in [-0.05, 0) is 80.9 Å². The molecule has 1 aliphatic rings. The molecule has 4 aromatic heterocycles. The molecule has 0 saturated heterocycles. The number of nitrogens with zero attached hydrogens (tertiary/aromatic N) is 4. The second kappa shape index (κ2) is 11.5. The fraction of sp³-hybridized carbons (Fsp3) is 0.0204. The lowest BCUT2D eigenvalue weighted by Gasteiger charge is -2.34. The lowest BCUT2D eigenvalue weighted by molar-refractivity contribution is 0.769. The molecule has 53 heavy (non-hydrogen) atoms. The maximum Gasteiger partial charge on any atom is 0.0964 e. The topological polar surface area (TPSA) is 51.6 Å². The van der Waals surface area contributed by atoms with Gasteiger partial charge in [0.05, 0.1) is 27.5 Å². The minimum absolute atomic E-state index is 0.562. The van der Waals surface area contributed by atoms with Crippen molar-refractivity contribution in [3.8, 4) is 33.4 Å². The summed E-state index contributed by atoms with van der Waals surface area (Å²) in [6.45, 7) is 0. The highest BCUT2D eigenvalue weighted by Crippen LogP contribution is 2.57. The van der Waals surface area contributed by atoms with Crippen LogP contribution in [0.5, 0.6) is 0 Å². The largest absolute Gasteiger partial charge is 0.254 e. The summed E-state index contributed by atoms with van der Waals surface area (Å²) in [5, 5.41) is 4.34. The molecule has 0 aliphatic heterocycles. The number of benzene rings is 6. The van der Waals surface area contributed by atoms with Crippen molar-refractivity contribution in [2.75, 3.05) is 0 Å². The molecule has 246 valence electrons. The molecule has 0 bridgehead atoms. The number of pyridine rings is 4. The summed E-state index contributed by atoms with van der Waals surface area (Å²) in [6.07, 6.45) is 7.67. The van der Waals surface area contributed by atoms with E-state index in [1.165, 1.54) is 33.4 Å². The lowest BCUT2D eigenvalue weighted by atomic mass is 9.67. The first kappa shape index (κ1) is 29.7. The molecule has 0 atom stereocenters. The Labute approximate surface area is 306 Å². The van der Waals surface area contributed by atoms with Gasteiger partial charge in [0.15, 0.2) is 0 Å². The van der Waals surface area contributed by atoms with Crippen LogP contribution >= 0.6 is 0 Å². The first-order chi connectivity index (χ1) is 26.3. The van der Waals surface area contributed by atoms with E-state index in [1.54, 1.807) is 0 Å². The third-order valence-electron chi connectivity index (χ3n) is 11.1. The van der Waals surface area contributed by atoms with E-state index in [4.69, 9.17) is 9.97 Å². The standard InChI is InChI=1S/C49H30N4/c1-3-11-39(12-4-1)49(40-13-5-2-6-14-40)43-27-33(37-25-35-17-15-31-9-7-23-50-45(31)47(35)52-29-37)19-21-41(43)42-22-20-34(28-44(42)49)38-26-36-18-16-32-10-8-24-51-46(32)48(36)53-30-38/h1-30H. The van der Waals surface area contributed by atoms with Gasteiger partial charge in [-0.25, -0.2) is 0 Å². The number of rotatable bonds is 4. The third-order valence-corrected chi connectivity index (χ3v) is 11.1. The minimum Gasteiger partial charge on any atom is -0.254 e. The van der Waals surface area contributed by atoms with Crippen LogP contribution in [0.3, 0.4) is 0 Å². The normalized spacial score (nSPS) is 13.1. The van der Waals surface area contributed by atoms with Crippen molar-refractivity contribution < 1.29 is 0 Å². The molecular formula is C49H30N4. The van der Waals surface area contributed by atoms with Gasteiger partial charge in [-0.15, -0.1) is 0 Å². The van der Waals surface area contributed by atoms with Crippen molar-refractivity contribution in [3.05, 3.63) is 205 Å². The van der Waals surface area contributed by atoms with E-state index < -0.39 is 5.41 Å². The molecule has 4 nitrogen and oxygen atoms in total. The number of aromatic nitrogens is 4. The minimum atomic E-state index is -0.562. The molecule has 11 rings (SSSR count). The van der Waals surface area contributed by atoms with E-state index in [2.05, 4.69) is 156 Å². The molecule has 1 aliphatic carbocycles. The zero-order valence-electron chi connectivity index (χ0n) is 28.6. The van der Waals surface area contributed by atoms with Gasteiger partial charge in [-0.1, -0.05) is 121 Å². The predicted octanol–water partition coefficient (Wildman–Crippen LogP) is 11.6. The quantitative estimate of drug-likeness (QED) is 0.174. The van der Waals surface area contributed by atoms with Crippen molar-refractivity contribution in [3.63, 3.8) is 0 Å². The summed E-state index contributed by atoms with van der Waals surface area (Å²) in [4.78, 5) is 19.3.